The highest BCUT2D eigenvalue weighted by atomic mass is 19.4. The van der Waals surface area contributed by atoms with Crippen LogP contribution >= 0.6 is 0 Å². The largest absolute Gasteiger partial charge is 0.416 e. The highest BCUT2D eigenvalue weighted by Gasteiger charge is 2.33. The third-order valence-corrected chi connectivity index (χ3v) is 4.99. The molecule has 1 aliphatic heterocycles. The summed E-state index contributed by atoms with van der Waals surface area (Å²) < 4.78 is 40.9. The number of carbonyl (C=O) groups is 1. The summed E-state index contributed by atoms with van der Waals surface area (Å²) in [5, 5.41) is 4.02. The molecule has 0 spiro atoms. The Morgan fingerprint density at radius 2 is 2.04 bits per heavy atom. The first-order valence-corrected chi connectivity index (χ1v) is 8.78. The molecule has 7 heteroatoms. The SMILES string of the molecule is Cn1nccc1C(=O)N1CCC[C@H](CCc2ccccc2C(F)(F)F)C1. The highest BCUT2D eigenvalue weighted by molar-refractivity contribution is 5.92. The number of aromatic nitrogens is 2. The molecule has 0 aliphatic carbocycles. The fraction of sp³-hybridized carbons (Fsp3) is 0.474. The molecule has 0 N–H and O–H groups in total. The van der Waals surface area contributed by atoms with Gasteiger partial charge in [-0.05, 0) is 49.3 Å². The maximum atomic E-state index is 13.1. The second-order valence-electron chi connectivity index (χ2n) is 6.79. The van der Waals surface area contributed by atoms with Crippen LogP contribution in [0.2, 0.25) is 0 Å². The van der Waals surface area contributed by atoms with Crippen molar-refractivity contribution in [1.29, 1.82) is 0 Å². The van der Waals surface area contributed by atoms with E-state index in [1.54, 1.807) is 41.0 Å². The van der Waals surface area contributed by atoms with Gasteiger partial charge in [0.15, 0.2) is 0 Å². The molecule has 1 saturated heterocycles. The number of alkyl halides is 3. The maximum absolute atomic E-state index is 13.1. The Morgan fingerprint density at radius 3 is 2.73 bits per heavy atom. The van der Waals surface area contributed by atoms with E-state index < -0.39 is 11.7 Å². The molecule has 1 aromatic carbocycles. The first-order valence-electron chi connectivity index (χ1n) is 8.78. The minimum atomic E-state index is -4.33. The van der Waals surface area contributed by atoms with Gasteiger partial charge >= 0.3 is 6.18 Å². The lowest BCUT2D eigenvalue weighted by Crippen LogP contribution is -2.40. The summed E-state index contributed by atoms with van der Waals surface area (Å²) in [6.45, 7) is 1.26. The van der Waals surface area contributed by atoms with Crippen LogP contribution < -0.4 is 0 Å². The van der Waals surface area contributed by atoms with Gasteiger partial charge in [0.1, 0.15) is 5.69 Å². The summed E-state index contributed by atoms with van der Waals surface area (Å²) in [6.07, 6.45) is 0.0717. The van der Waals surface area contributed by atoms with Crippen LogP contribution in [0.5, 0.6) is 0 Å². The maximum Gasteiger partial charge on any atom is 0.416 e. The van der Waals surface area contributed by atoms with Gasteiger partial charge in [0, 0.05) is 26.3 Å². The number of amides is 1. The average Bonchev–Trinajstić information content (AvgIpc) is 3.05. The van der Waals surface area contributed by atoms with E-state index in [2.05, 4.69) is 5.10 Å². The molecule has 2 heterocycles. The third-order valence-electron chi connectivity index (χ3n) is 4.99. The van der Waals surface area contributed by atoms with Crippen molar-refractivity contribution in [3.05, 3.63) is 53.3 Å². The van der Waals surface area contributed by atoms with Crippen LogP contribution in [-0.2, 0) is 19.6 Å². The van der Waals surface area contributed by atoms with E-state index in [1.165, 1.54) is 6.07 Å². The van der Waals surface area contributed by atoms with Gasteiger partial charge in [0.2, 0.25) is 0 Å². The minimum Gasteiger partial charge on any atom is -0.337 e. The lowest BCUT2D eigenvalue weighted by molar-refractivity contribution is -0.138. The molecular weight excluding hydrogens is 343 g/mol. The lowest BCUT2D eigenvalue weighted by atomic mass is 9.90. The Labute approximate surface area is 150 Å². The zero-order chi connectivity index (χ0) is 18.7. The zero-order valence-corrected chi connectivity index (χ0v) is 14.7. The van der Waals surface area contributed by atoms with E-state index in [-0.39, 0.29) is 11.8 Å². The number of carbonyl (C=O) groups excluding carboxylic acids is 1. The Balaban J connectivity index is 1.63. The van der Waals surface area contributed by atoms with Crippen LogP contribution in [0.4, 0.5) is 13.2 Å². The number of benzene rings is 1. The van der Waals surface area contributed by atoms with E-state index >= 15 is 0 Å². The van der Waals surface area contributed by atoms with Gasteiger partial charge in [0.05, 0.1) is 5.56 Å². The van der Waals surface area contributed by atoms with Gasteiger partial charge < -0.3 is 4.90 Å². The molecule has 1 atom stereocenters. The van der Waals surface area contributed by atoms with Crippen molar-refractivity contribution in [1.82, 2.24) is 14.7 Å². The summed E-state index contributed by atoms with van der Waals surface area (Å²) in [5.41, 5.74) is 0.307. The molecule has 26 heavy (non-hydrogen) atoms. The average molecular weight is 365 g/mol. The number of nitrogens with zero attached hydrogens (tertiary/aromatic N) is 3. The molecule has 3 rings (SSSR count). The summed E-state index contributed by atoms with van der Waals surface area (Å²) in [5.74, 6) is 0.146. The lowest BCUT2D eigenvalue weighted by Gasteiger charge is -2.33. The van der Waals surface area contributed by atoms with Gasteiger partial charge in [-0.1, -0.05) is 18.2 Å². The van der Waals surface area contributed by atoms with E-state index in [0.717, 1.165) is 18.9 Å². The molecule has 1 amide bonds. The van der Waals surface area contributed by atoms with Crippen LogP contribution in [0.1, 0.15) is 40.9 Å². The van der Waals surface area contributed by atoms with Gasteiger partial charge in [0.25, 0.3) is 5.91 Å². The number of aryl methyl sites for hydroxylation is 2. The molecule has 1 fully saturated rings. The third kappa shape index (κ3) is 4.08. The van der Waals surface area contributed by atoms with Crippen molar-refractivity contribution in [3.8, 4) is 0 Å². The fourth-order valence-corrected chi connectivity index (χ4v) is 3.61. The van der Waals surface area contributed by atoms with Crippen LogP contribution in [0.15, 0.2) is 36.5 Å². The molecule has 4 nitrogen and oxygen atoms in total. The summed E-state index contributed by atoms with van der Waals surface area (Å²) >= 11 is 0. The number of halogens is 3. The molecule has 2 aromatic rings. The van der Waals surface area contributed by atoms with Gasteiger partial charge in [-0.3, -0.25) is 9.48 Å². The smallest absolute Gasteiger partial charge is 0.337 e. The van der Waals surface area contributed by atoms with Crippen molar-refractivity contribution < 1.29 is 18.0 Å². The molecule has 1 aliphatic rings. The normalized spacial score (nSPS) is 18.2. The van der Waals surface area contributed by atoms with E-state index in [4.69, 9.17) is 0 Å². The standard InChI is InChI=1S/C19H22F3N3O/c1-24-17(10-11-23-24)18(26)25-12-4-5-14(13-25)8-9-15-6-2-3-7-16(15)19(20,21)22/h2-3,6-7,10-11,14H,4-5,8-9,12-13H2,1H3/t14-/m1/s1. The predicted octanol–water partition coefficient (Wildman–Crippen LogP) is 3.92. The molecule has 0 unspecified atom stereocenters. The van der Waals surface area contributed by atoms with Gasteiger partial charge in [-0.25, -0.2) is 0 Å². The van der Waals surface area contributed by atoms with Crippen molar-refractivity contribution in [3.63, 3.8) is 0 Å². The number of piperidine rings is 1. The molecule has 0 bridgehead atoms. The second-order valence-corrected chi connectivity index (χ2v) is 6.79. The highest BCUT2D eigenvalue weighted by Crippen LogP contribution is 2.33. The van der Waals surface area contributed by atoms with Crippen molar-refractivity contribution in [2.75, 3.05) is 13.1 Å². The van der Waals surface area contributed by atoms with Crippen LogP contribution in [-0.4, -0.2) is 33.7 Å². The fourth-order valence-electron chi connectivity index (χ4n) is 3.61. The number of hydrogen-bond donors (Lipinski definition) is 0. The van der Waals surface area contributed by atoms with Crippen LogP contribution in [0.3, 0.4) is 0 Å². The first kappa shape index (κ1) is 18.5. The Morgan fingerprint density at radius 1 is 1.27 bits per heavy atom. The van der Waals surface area contributed by atoms with Crippen LogP contribution in [0, 0.1) is 5.92 Å². The Bertz CT molecular complexity index is 769. The topological polar surface area (TPSA) is 38.1 Å². The number of hydrogen-bond acceptors (Lipinski definition) is 2. The summed E-state index contributed by atoms with van der Waals surface area (Å²) in [7, 11) is 1.72. The van der Waals surface area contributed by atoms with Crippen molar-refractivity contribution >= 4 is 5.91 Å². The predicted molar refractivity (Wildman–Crippen MR) is 91.6 cm³/mol. The molecular formula is C19H22F3N3O. The van der Waals surface area contributed by atoms with Crippen molar-refractivity contribution in [2.24, 2.45) is 13.0 Å². The van der Waals surface area contributed by atoms with E-state index in [9.17, 15) is 18.0 Å². The summed E-state index contributed by atoms with van der Waals surface area (Å²) in [4.78, 5) is 14.4. The molecule has 1 aromatic heterocycles. The summed E-state index contributed by atoms with van der Waals surface area (Å²) in [6, 6.07) is 7.43. The van der Waals surface area contributed by atoms with Crippen molar-refractivity contribution in [2.45, 2.75) is 31.9 Å². The van der Waals surface area contributed by atoms with E-state index in [0.29, 0.717) is 37.2 Å². The Hall–Kier alpha value is -2.31. The van der Waals surface area contributed by atoms with Gasteiger partial charge in [-0.15, -0.1) is 0 Å². The number of rotatable bonds is 4. The molecule has 140 valence electrons. The Kier molecular flexibility index (Phi) is 5.34. The second kappa shape index (κ2) is 7.51. The zero-order valence-electron chi connectivity index (χ0n) is 14.7. The number of likely N-dealkylation sites (tertiary alicyclic amines) is 1. The van der Waals surface area contributed by atoms with E-state index in [1.807, 2.05) is 0 Å². The molecule has 0 radical (unpaired) electrons. The quantitative estimate of drug-likeness (QED) is 0.824. The monoisotopic (exact) mass is 365 g/mol. The first-order chi connectivity index (χ1) is 12.4. The van der Waals surface area contributed by atoms with Gasteiger partial charge in [-0.2, -0.15) is 18.3 Å². The van der Waals surface area contributed by atoms with Crippen LogP contribution in [0.25, 0.3) is 0 Å². The minimum absolute atomic E-state index is 0.0645. The molecule has 0 saturated carbocycles.